The van der Waals surface area contributed by atoms with Gasteiger partial charge in [0.05, 0.1) is 4.90 Å². The quantitative estimate of drug-likeness (QED) is 0.724. The first-order chi connectivity index (χ1) is 9.31. The Kier molecular flexibility index (Phi) is 5.67. The van der Waals surface area contributed by atoms with E-state index in [0.29, 0.717) is 18.7 Å². The number of hydrogen-bond donors (Lipinski definition) is 3. The molecule has 0 aliphatic rings. The Balaban J connectivity index is 3.01. The zero-order valence-electron chi connectivity index (χ0n) is 11.9. The van der Waals surface area contributed by atoms with Crippen molar-refractivity contribution in [1.29, 1.82) is 0 Å². The van der Waals surface area contributed by atoms with E-state index in [1.54, 1.807) is 19.9 Å². The molecule has 4 N–H and O–H groups in total. The molecule has 7 heteroatoms. The van der Waals surface area contributed by atoms with Crippen LogP contribution in [0.15, 0.2) is 23.1 Å². The summed E-state index contributed by atoms with van der Waals surface area (Å²) in [6.45, 7) is 4.02. The fourth-order valence-electron chi connectivity index (χ4n) is 1.66. The van der Waals surface area contributed by atoms with Gasteiger partial charge in [0.1, 0.15) is 0 Å². The Morgan fingerprint density at radius 3 is 2.60 bits per heavy atom. The lowest BCUT2D eigenvalue weighted by Gasteiger charge is -2.14. The van der Waals surface area contributed by atoms with E-state index >= 15 is 0 Å². The normalized spacial score (nSPS) is 13.0. The number of benzene rings is 1. The summed E-state index contributed by atoms with van der Waals surface area (Å²) in [5.74, 6) is -0.387. The number of nitrogens with two attached hydrogens (primary N) is 1. The van der Waals surface area contributed by atoms with Crippen molar-refractivity contribution < 1.29 is 13.2 Å². The average molecular weight is 299 g/mol. The van der Waals surface area contributed by atoms with Gasteiger partial charge in [-0.3, -0.25) is 4.79 Å². The molecule has 0 spiro atoms. The van der Waals surface area contributed by atoms with Crippen LogP contribution in [0.1, 0.15) is 18.9 Å². The molecule has 6 nitrogen and oxygen atoms in total. The minimum absolute atomic E-state index is 0.118. The van der Waals surface area contributed by atoms with E-state index in [1.807, 2.05) is 0 Å². The van der Waals surface area contributed by atoms with Gasteiger partial charge in [-0.15, -0.1) is 0 Å². The maximum Gasteiger partial charge on any atom is 0.240 e. The Morgan fingerprint density at radius 1 is 1.40 bits per heavy atom. The highest BCUT2D eigenvalue weighted by Crippen LogP contribution is 2.21. The monoisotopic (exact) mass is 299 g/mol. The smallest absolute Gasteiger partial charge is 0.240 e. The zero-order valence-corrected chi connectivity index (χ0v) is 12.8. The Labute approximate surface area is 119 Å². The molecule has 1 atom stereocenters. The number of carbonyl (C=O) groups is 1. The van der Waals surface area contributed by atoms with Crippen LogP contribution in [0.25, 0.3) is 0 Å². The van der Waals surface area contributed by atoms with Crippen LogP contribution >= 0.6 is 0 Å². The fourth-order valence-corrected chi connectivity index (χ4v) is 2.41. The number of anilines is 1. The van der Waals surface area contributed by atoms with Crippen molar-refractivity contribution in [2.24, 2.45) is 11.7 Å². The second-order valence-corrected chi connectivity index (χ2v) is 6.54. The van der Waals surface area contributed by atoms with Crippen LogP contribution in [0.3, 0.4) is 0 Å². The molecule has 1 rings (SSSR count). The van der Waals surface area contributed by atoms with E-state index in [9.17, 15) is 13.2 Å². The van der Waals surface area contributed by atoms with Gasteiger partial charge in [0, 0.05) is 11.6 Å². The molecule has 1 unspecified atom stereocenters. The SMILES string of the molecule is CNS(=O)(=O)c1ccc(C)c(NC(=O)C(C)CCN)c1. The summed E-state index contributed by atoms with van der Waals surface area (Å²) >= 11 is 0. The predicted molar refractivity (Wildman–Crippen MR) is 78.9 cm³/mol. The van der Waals surface area contributed by atoms with Crippen molar-refractivity contribution in [3.8, 4) is 0 Å². The molecule has 0 radical (unpaired) electrons. The highest BCUT2D eigenvalue weighted by Gasteiger charge is 2.16. The molecule has 0 aliphatic carbocycles. The summed E-state index contributed by atoms with van der Waals surface area (Å²) in [6.07, 6.45) is 0.583. The molecule has 0 saturated carbocycles. The van der Waals surface area contributed by atoms with Gasteiger partial charge >= 0.3 is 0 Å². The van der Waals surface area contributed by atoms with Crippen LogP contribution in [-0.4, -0.2) is 27.9 Å². The molecule has 0 bridgehead atoms. The van der Waals surface area contributed by atoms with Gasteiger partial charge in [-0.1, -0.05) is 13.0 Å². The Bertz CT molecular complexity index is 585. The third-order valence-electron chi connectivity index (χ3n) is 3.09. The first-order valence-electron chi connectivity index (χ1n) is 6.37. The minimum Gasteiger partial charge on any atom is -0.330 e. The summed E-state index contributed by atoms with van der Waals surface area (Å²) in [5.41, 5.74) is 6.72. The molecule has 1 aromatic rings. The third-order valence-corrected chi connectivity index (χ3v) is 4.51. The number of amides is 1. The highest BCUT2D eigenvalue weighted by atomic mass is 32.2. The van der Waals surface area contributed by atoms with E-state index in [4.69, 9.17) is 5.73 Å². The number of rotatable bonds is 6. The molecule has 1 aromatic carbocycles. The molecule has 20 heavy (non-hydrogen) atoms. The van der Waals surface area contributed by atoms with E-state index in [2.05, 4.69) is 10.0 Å². The number of carbonyl (C=O) groups excluding carboxylic acids is 1. The second-order valence-electron chi connectivity index (χ2n) is 4.65. The van der Waals surface area contributed by atoms with Crippen LogP contribution in [0.4, 0.5) is 5.69 Å². The largest absolute Gasteiger partial charge is 0.330 e. The average Bonchev–Trinajstić information content (AvgIpc) is 2.41. The first-order valence-corrected chi connectivity index (χ1v) is 7.85. The predicted octanol–water partition coefficient (Wildman–Crippen LogP) is 0.827. The van der Waals surface area contributed by atoms with Gasteiger partial charge in [-0.2, -0.15) is 0 Å². The van der Waals surface area contributed by atoms with E-state index < -0.39 is 10.0 Å². The number of sulfonamides is 1. The van der Waals surface area contributed by atoms with Gasteiger partial charge in [0.2, 0.25) is 15.9 Å². The van der Waals surface area contributed by atoms with Crippen LogP contribution in [0, 0.1) is 12.8 Å². The van der Waals surface area contributed by atoms with Crippen LogP contribution in [0.5, 0.6) is 0 Å². The van der Waals surface area contributed by atoms with Crippen molar-refractivity contribution in [3.63, 3.8) is 0 Å². The lowest BCUT2D eigenvalue weighted by Crippen LogP contribution is -2.24. The molecule has 0 aromatic heterocycles. The number of hydrogen-bond acceptors (Lipinski definition) is 4. The first kappa shape index (κ1) is 16.6. The van der Waals surface area contributed by atoms with Gasteiger partial charge in [0.15, 0.2) is 0 Å². The maximum absolute atomic E-state index is 12.0. The number of nitrogens with one attached hydrogen (secondary N) is 2. The van der Waals surface area contributed by atoms with E-state index in [-0.39, 0.29) is 16.7 Å². The lowest BCUT2D eigenvalue weighted by atomic mass is 10.1. The summed E-state index contributed by atoms with van der Waals surface area (Å²) in [5, 5.41) is 2.74. The fraction of sp³-hybridized carbons (Fsp3) is 0.462. The van der Waals surface area contributed by atoms with Crippen molar-refractivity contribution in [3.05, 3.63) is 23.8 Å². The Morgan fingerprint density at radius 2 is 2.05 bits per heavy atom. The summed E-state index contributed by atoms with van der Waals surface area (Å²) in [6, 6.07) is 4.61. The minimum atomic E-state index is -3.53. The second kappa shape index (κ2) is 6.83. The zero-order chi connectivity index (χ0) is 15.3. The molecular weight excluding hydrogens is 278 g/mol. The molecule has 0 saturated heterocycles. The van der Waals surface area contributed by atoms with Crippen molar-refractivity contribution in [1.82, 2.24) is 4.72 Å². The van der Waals surface area contributed by atoms with Crippen LogP contribution in [-0.2, 0) is 14.8 Å². The molecule has 112 valence electrons. The molecular formula is C13H21N3O3S. The van der Waals surface area contributed by atoms with Gasteiger partial charge in [-0.25, -0.2) is 13.1 Å². The van der Waals surface area contributed by atoms with E-state index in [0.717, 1.165) is 5.56 Å². The van der Waals surface area contributed by atoms with Crippen molar-refractivity contribution >= 4 is 21.6 Å². The molecule has 1 amide bonds. The summed E-state index contributed by atoms with van der Waals surface area (Å²) in [7, 11) is -2.18. The van der Waals surface area contributed by atoms with Crippen LogP contribution in [0.2, 0.25) is 0 Å². The highest BCUT2D eigenvalue weighted by molar-refractivity contribution is 7.89. The third kappa shape index (κ3) is 4.03. The van der Waals surface area contributed by atoms with Crippen LogP contribution < -0.4 is 15.8 Å². The topological polar surface area (TPSA) is 101 Å². The lowest BCUT2D eigenvalue weighted by molar-refractivity contribution is -0.119. The van der Waals surface area contributed by atoms with E-state index in [1.165, 1.54) is 19.2 Å². The maximum atomic E-state index is 12.0. The standard InChI is InChI=1S/C13H21N3O3S/c1-9-4-5-11(20(18,19)15-3)8-12(9)16-13(17)10(2)6-7-14/h4-5,8,10,15H,6-7,14H2,1-3H3,(H,16,17). The van der Waals surface area contributed by atoms with Gasteiger partial charge < -0.3 is 11.1 Å². The molecule has 0 fully saturated rings. The summed E-state index contributed by atoms with van der Waals surface area (Å²) < 4.78 is 25.7. The van der Waals surface area contributed by atoms with Crippen molar-refractivity contribution in [2.75, 3.05) is 18.9 Å². The van der Waals surface area contributed by atoms with Gasteiger partial charge in [0.25, 0.3) is 0 Å². The number of aryl methyl sites for hydroxylation is 1. The van der Waals surface area contributed by atoms with Gasteiger partial charge in [-0.05, 0) is 44.6 Å². The molecule has 0 heterocycles. The molecule has 0 aliphatic heterocycles. The summed E-state index contributed by atoms with van der Waals surface area (Å²) in [4.78, 5) is 12.1. The Hall–Kier alpha value is -1.44. The van der Waals surface area contributed by atoms with Crippen molar-refractivity contribution in [2.45, 2.75) is 25.2 Å².